The average Bonchev–Trinajstić information content (AvgIpc) is 2.71. The van der Waals surface area contributed by atoms with Crippen LogP contribution in [0, 0.1) is 12.8 Å². The highest BCUT2D eigenvalue weighted by atomic mass is 79.9. The third-order valence-electron chi connectivity index (χ3n) is 3.41. The van der Waals surface area contributed by atoms with E-state index in [0.29, 0.717) is 16.7 Å². The first-order chi connectivity index (χ1) is 8.91. The summed E-state index contributed by atoms with van der Waals surface area (Å²) < 4.78 is 27.7. The number of sulfonamides is 1. The number of hydrogen-bond acceptors (Lipinski definition) is 4. The molecule has 4 nitrogen and oxygen atoms in total. The van der Waals surface area contributed by atoms with Crippen LogP contribution in [0.1, 0.15) is 18.4 Å². The fraction of sp³-hybridized carbons (Fsp3) is 0.667. The van der Waals surface area contributed by atoms with Crippen molar-refractivity contribution in [1.82, 2.24) is 9.62 Å². The van der Waals surface area contributed by atoms with E-state index in [1.807, 2.05) is 6.92 Å². The van der Waals surface area contributed by atoms with E-state index in [9.17, 15) is 8.42 Å². The summed E-state index contributed by atoms with van der Waals surface area (Å²) in [6.07, 6.45) is 2.22. The van der Waals surface area contributed by atoms with E-state index < -0.39 is 10.0 Å². The van der Waals surface area contributed by atoms with Crippen LogP contribution < -0.4 is 5.32 Å². The Morgan fingerprint density at radius 1 is 1.58 bits per heavy atom. The maximum atomic E-state index is 12.5. The standard InChI is InChI=1S/C12H19BrN2O2S2/c1-9-6-11(18-12(9)13)19(16,17)15(2)8-10-4-3-5-14-7-10/h6,10,14H,3-5,7-8H2,1-2H3. The Labute approximate surface area is 127 Å². The van der Waals surface area contributed by atoms with Crippen LogP contribution in [0.15, 0.2) is 14.1 Å². The molecule has 0 saturated carbocycles. The van der Waals surface area contributed by atoms with Gasteiger partial charge in [-0.15, -0.1) is 11.3 Å². The van der Waals surface area contributed by atoms with Gasteiger partial charge in [0.15, 0.2) is 0 Å². The molecule has 1 aromatic heterocycles. The molecule has 1 unspecified atom stereocenters. The molecule has 7 heteroatoms. The van der Waals surface area contributed by atoms with Gasteiger partial charge in [0, 0.05) is 13.6 Å². The highest BCUT2D eigenvalue weighted by Crippen LogP contribution is 2.32. The predicted molar refractivity (Wildman–Crippen MR) is 82.2 cm³/mol. The molecule has 1 fully saturated rings. The minimum absolute atomic E-state index is 0.415. The number of piperidine rings is 1. The van der Waals surface area contributed by atoms with Crippen LogP contribution in [0.4, 0.5) is 0 Å². The number of thiophene rings is 1. The zero-order chi connectivity index (χ0) is 14.0. The summed E-state index contributed by atoms with van der Waals surface area (Å²) in [6.45, 7) is 4.45. The summed E-state index contributed by atoms with van der Waals surface area (Å²) >= 11 is 4.66. The molecular weight excluding hydrogens is 348 g/mol. The molecule has 1 saturated heterocycles. The lowest BCUT2D eigenvalue weighted by Gasteiger charge is -2.26. The summed E-state index contributed by atoms with van der Waals surface area (Å²) in [7, 11) is -1.67. The van der Waals surface area contributed by atoms with Crippen molar-refractivity contribution in [3.8, 4) is 0 Å². The summed E-state index contributed by atoms with van der Waals surface area (Å²) in [5.74, 6) is 0.415. The molecule has 1 aromatic rings. The Bertz CT molecular complexity index is 516. The highest BCUT2D eigenvalue weighted by Gasteiger charge is 2.26. The third kappa shape index (κ3) is 3.58. The van der Waals surface area contributed by atoms with Crippen LogP contribution in [-0.2, 0) is 10.0 Å². The lowest BCUT2D eigenvalue weighted by Crippen LogP contribution is -2.38. The summed E-state index contributed by atoms with van der Waals surface area (Å²) in [4.78, 5) is 0. The fourth-order valence-electron chi connectivity index (χ4n) is 2.25. The third-order valence-corrected chi connectivity index (χ3v) is 7.82. The number of halogens is 1. The fourth-order valence-corrected chi connectivity index (χ4v) is 5.94. The van der Waals surface area contributed by atoms with Crippen LogP contribution in [-0.4, -0.2) is 39.4 Å². The molecule has 2 heterocycles. The SMILES string of the molecule is Cc1cc(S(=O)(=O)N(C)CC2CCCNC2)sc1Br. The Balaban J connectivity index is 2.10. The maximum Gasteiger partial charge on any atom is 0.252 e. The van der Waals surface area contributed by atoms with E-state index in [1.165, 1.54) is 15.6 Å². The lowest BCUT2D eigenvalue weighted by molar-refractivity contribution is 0.315. The van der Waals surface area contributed by atoms with Crippen LogP contribution in [0.2, 0.25) is 0 Å². The predicted octanol–water partition coefficient (Wildman–Crippen LogP) is 2.44. The van der Waals surface area contributed by atoms with Crippen LogP contribution >= 0.6 is 27.3 Å². The Morgan fingerprint density at radius 3 is 2.84 bits per heavy atom. The van der Waals surface area contributed by atoms with Crippen molar-refractivity contribution in [2.75, 3.05) is 26.7 Å². The normalized spacial score (nSPS) is 20.9. The van der Waals surface area contributed by atoms with E-state index in [2.05, 4.69) is 21.2 Å². The van der Waals surface area contributed by atoms with Crippen molar-refractivity contribution in [3.63, 3.8) is 0 Å². The Kier molecular flexibility index (Phi) is 5.05. The second-order valence-corrected chi connectivity index (χ2v) is 9.66. The van der Waals surface area contributed by atoms with E-state index in [0.717, 1.165) is 35.3 Å². The second-order valence-electron chi connectivity index (χ2n) is 5.02. The van der Waals surface area contributed by atoms with Crippen molar-refractivity contribution in [1.29, 1.82) is 0 Å². The number of nitrogens with zero attached hydrogens (tertiary/aromatic N) is 1. The van der Waals surface area contributed by atoms with Crippen LogP contribution in [0.25, 0.3) is 0 Å². The minimum atomic E-state index is -3.35. The van der Waals surface area contributed by atoms with Gasteiger partial charge < -0.3 is 5.32 Å². The number of aryl methyl sites for hydroxylation is 1. The molecule has 1 aliphatic rings. The monoisotopic (exact) mass is 366 g/mol. The molecular formula is C12H19BrN2O2S2. The minimum Gasteiger partial charge on any atom is -0.316 e. The average molecular weight is 367 g/mol. The van der Waals surface area contributed by atoms with Crippen LogP contribution in [0.3, 0.4) is 0 Å². The van der Waals surface area contributed by atoms with Gasteiger partial charge in [-0.05, 0) is 66.3 Å². The quantitative estimate of drug-likeness (QED) is 0.889. The number of nitrogens with one attached hydrogen (secondary N) is 1. The van der Waals surface area contributed by atoms with E-state index in [4.69, 9.17) is 0 Å². The second kappa shape index (κ2) is 6.22. The van der Waals surface area contributed by atoms with E-state index in [1.54, 1.807) is 13.1 Å². The van der Waals surface area contributed by atoms with Gasteiger partial charge in [0.2, 0.25) is 0 Å². The summed E-state index contributed by atoms with van der Waals surface area (Å²) in [5, 5.41) is 3.32. The lowest BCUT2D eigenvalue weighted by atomic mass is 10.00. The van der Waals surface area contributed by atoms with Crippen molar-refractivity contribution in [2.24, 2.45) is 5.92 Å². The molecule has 0 radical (unpaired) electrons. The molecule has 0 aliphatic carbocycles. The molecule has 0 aromatic carbocycles. The molecule has 1 atom stereocenters. The van der Waals surface area contributed by atoms with Gasteiger partial charge in [0.05, 0.1) is 3.79 Å². The van der Waals surface area contributed by atoms with Crippen LogP contribution in [0.5, 0.6) is 0 Å². The van der Waals surface area contributed by atoms with E-state index in [-0.39, 0.29) is 0 Å². The molecule has 2 rings (SSSR count). The summed E-state index contributed by atoms with van der Waals surface area (Å²) in [6, 6.07) is 1.74. The highest BCUT2D eigenvalue weighted by molar-refractivity contribution is 9.11. The zero-order valence-electron chi connectivity index (χ0n) is 11.1. The Morgan fingerprint density at radius 2 is 2.32 bits per heavy atom. The topological polar surface area (TPSA) is 49.4 Å². The van der Waals surface area contributed by atoms with Gasteiger partial charge in [-0.3, -0.25) is 0 Å². The summed E-state index contributed by atoms with van der Waals surface area (Å²) in [5.41, 5.74) is 0.969. The van der Waals surface area contributed by atoms with Gasteiger partial charge >= 0.3 is 0 Å². The van der Waals surface area contributed by atoms with Crippen molar-refractivity contribution < 1.29 is 8.42 Å². The number of rotatable bonds is 4. The molecule has 1 aliphatic heterocycles. The molecule has 0 spiro atoms. The van der Waals surface area contributed by atoms with Crippen molar-refractivity contribution in [3.05, 3.63) is 15.4 Å². The smallest absolute Gasteiger partial charge is 0.252 e. The molecule has 108 valence electrons. The Hall–Kier alpha value is 0.0500. The molecule has 0 bridgehead atoms. The molecule has 1 N–H and O–H groups in total. The van der Waals surface area contributed by atoms with Gasteiger partial charge in [0.25, 0.3) is 10.0 Å². The first-order valence-corrected chi connectivity index (χ1v) is 9.39. The van der Waals surface area contributed by atoms with Crippen molar-refractivity contribution in [2.45, 2.75) is 24.0 Å². The molecule has 19 heavy (non-hydrogen) atoms. The van der Waals surface area contributed by atoms with Gasteiger partial charge in [-0.2, -0.15) is 4.31 Å². The molecule has 0 amide bonds. The van der Waals surface area contributed by atoms with Gasteiger partial charge in [0.1, 0.15) is 4.21 Å². The van der Waals surface area contributed by atoms with Gasteiger partial charge in [-0.1, -0.05) is 0 Å². The van der Waals surface area contributed by atoms with Gasteiger partial charge in [-0.25, -0.2) is 8.42 Å². The first kappa shape index (κ1) is 15.4. The van der Waals surface area contributed by atoms with E-state index >= 15 is 0 Å². The first-order valence-electron chi connectivity index (χ1n) is 6.34. The number of hydrogen-bond donors (Lipinski definition) is 1. The largest absolute Gasteiger partial charge is 0.316 e. The van der Waals surface area contributed by atoms with Crippen molar-refractivity contribution >= 4 is 37.3 Å². The maximum absolute atomic E-state index is 12.5. The zero-order valence-corrected chi connectivity index (χ0v) is 14.4.